The van der Waals surface area contributed by atoms with Gasteiger partial charge in [0.1, 0.15) is 11.6 Å². The summed E-state index contributed by atoms with van der Waals surface area (Å²) in [6, 6.07) is -0.572. The Morgan fingerprint density at radius 2 is 2.09 bits per heavy atom. The van der Waals surface area contributed by atoms with Crippen molar-refractivity contribution in [2.24, 2.45) is 11.8 Å². The molecule has 7 nitrogen and oxygen atoms in total. The molecule has 0 aromatic carbocycles. The van der Waals surface area contributed by atoms with E-state index < -0.39 is 29.3 Å². The molecule has 4 rings (SSSR count). The molecule has 3 heterocycles. The average Bonchev–Trinajstić information content (AvgIpc) is 3.08. The summed E-state index contributed by atoms with van der Waals surface area (Å²) in [5.41, 5.74) is -1.10. The van der Waals surface area contributed by atoms with Gasteiger partial charge in [-0.2, -0.15) is 0 Å². The first-order chi connectivity index (χ1) is 10.6. The van der Waals surface area contributed by atoms with Crippen LogP contribution in [-0.4, -0.2) is 53.3 Å². The molecule has 0 radical (unpaired) electrons. The van der Waals surface area contributed by atoms with Crippen molar-refractivity contribution >= 4 is 12.0 Å². The van der Waals surface area contributed by atoms with Crippen molar-refractivity contribution in [1.82, 2.24) is 4.90 Å². The van der Waals surface area contributed by atoms with Gasteiger partial charge in [-0.15, -0.1) is 0 Å². The van der Waals surface area contributed by atoms with Crippen LogP contribution in [-0.2, 0) is 23.7 Å². The predicted octanol–water partition coefficient (Wildman–Crippen LogP) is 1.65. The lowest BCUT2D eigenvalue weighted by molar-refractivity contribution is -0.386. The monoisotopic (exact) mass is 325 g/mol. The first kappa shape index (κ1) is 15.4. The van der Waals surface area contributed by atoms with Gasteiger partial charge in [0.15, 0.2) is 0 Å². The number of amides is 2. The van der Waals surface area contributed by atoms with E-state index in [-0.39, 0.29) is 17.7 Å². The summed E-state index contributed by atoms with van der Waals surface area (Å²) in [5, 5.41) is 0. The summed E-state index contributed by atoms with van der Waals surface area (Å²) in [6.07, 6.45) is 0.830. The van der Waals surface area contributed by atoms with Crippen LogP contribution in [0.2, 0.25) is 0 Å². The van der Waals surface area contributed by atoms with Gasteiger partial charge in [0, 0.05) is 18.3 Å². The zero-order valence-electron chi connectivity index (χ0n) is 14.0. The summed E-state index contributed by atoms with van der Waals surface area (Å²) in [7, 11) is 0. The van der Waals surface area contributed by atoms with Gasteiger partial charge in [-0.25, -0.2) is 9.69 Å². The molecule has 4 fully saturated rings. The van der Waals surface area contributed by atoms with Crippen LogP contribution in [0.3, 0.4) is 0 Å². The molecular formula is C16H23NO6. The molecule has 0 spiro atoms. The number of piperidine rings is 1. The molecule has 23 heavy (non-hydrogen) atoms. The minimum absolute atomic E-state index is 0.0236. The maximum Gasteiger partial charge on any atom is 0.417 e. The first-order valence-electron chi connectivity index (χ1n) is 8.18. The van der Waals surface area contributed by atoms with Crippen LogP contribution in [0, 0.1) is 11.8 Å². The molecule has 2 unspecified atom stereocenters. The zero-order valence-corrected chi connectivity index (χ0v) is 14.0. The normalized spacial score (nSPS) is 45.1. The number of hydrogen-bond acceptors (Lipinski definition) is 6. The molecule has 2 amide bonds. The van der Waals surface area contributed by atoms with Gasteiger partial charge in [-0.1, -0.05) is 0 Å². The van der Waals surface area contributed by atoms with E-state index in [0.717, 1.165) is 12.8 Å². The van der Waals surface area contributed by atoms with Gasteiger partial charge in [-0.05, 0) is 34.1 Å². The highest BCUT2D eigenvalue weighted by Crippen LogP contribution is 2.57. The van der Waals surface area contributed by atoms with Crippen molar-refractivity contribution in [2.45, 2.75) is 63.8 Å². The number of rotatable bonds is 1. The summed E-state index contributed by atoms with van der Waals surface area (Å²) in [5.74, 6) is -1.67. The second-order valence-corrected chi connectivity index (χ2v) is 8.18. The van der Waals surface area contributed by atoms with E-state index in [2.05, 4.69) is 0 Å². The largest absolute Gasteiger partial charge is 0.443 e. The molecule has 0 aromatic rings. The fourth-order valence-corrected chi connectivity index (χ4v) is 3.78. The van der Waals surface area contributed by atoms with Crippen LogP contribution in [0.1, 0.15) is 40.5 Å². The average molecular weight is 325 g/mol. The van der Waals surface area contributed by atoms with Crippen LogP contribution in [0.15, 0.2) is 0 Å². The van der Waals surface area contributed by atoms with Crippen molar-refractivity contribution in [3.05, 3.63) is 0 Å². The third kappa shape index (κ3) is 2.28. The van der Waals surface area contributed by atoms with E-state index in [1.165, 1.54) is 4.90 Å². The molecule has 5 atom stereocenters. The van der Waals surface area contributed by atoms with Gasteiger partial charge in [0.05, 0.1) is 18.8 Å². The molecule has 3 saturated heterocycles. The van der Waals surface area contributed by atoms with Gasteiger partial charge in [0.2, 0.25) is 5.91 Å². The van der Waals surface area contributed by atoms with E-state index >= 15 is 0 Å². The van der Waals surface area contributed by atoms with Crippen LogP contribution < -0.4 is 0 Å². The predicted molar refractivity (Wildman–Crippen MR) is 77.2 cm³/mol. The molecule has 4 aliphatic rings. The summed E-state index contributed by atoms with van der Waals surface area (Å²) in [6.45, 7) is 8.18. The quantitative estimate of drug-likeness (QED) is 0.730. The van der Waals surface area contributed by atoms with Gasteiger partial charge >= 0.3 is 12.1 Å². The van der Waals surface area contributed by atoms with Crippen molar-refractivity contribution in [3.8, 4) is 0 Å². The Kier molecular flexibility index (Phi) is 2.98. The number of imide groups is 1. The number of carbonyl (C=O) groups excluding carboxylic acids is 2. The Balaban J connectivity index is 1.64. The number of fused-ring (bicyclic) bond motifs is 3. The highest BCUT2D eigenvalue weighted by atomic mass is 16.9. The maximum absolute atomic E-state index is 12.6. The summed E-state index contributed by atoms with van der Waals surface area (Å²) < 4.78 is 23.2. The van der Waals surface area contributed by atoms with Gasteiger partial charge in [-0.3, -0.25) is 4.79 Å². The second-order valence-electron chi connectivity index (χ2n) is 8.18. The Labute approximate surface area is 135 Å². The minimum atomic E-state index is -1.34. The Morgan fingerprint density at radius 3 is 2.78 bits per heavy atom. The van der Waals surface area contributed by atoms with Crippen LogP contribution in [0.5, 0.6) is 0 Å². The van der Waals surface area contributed by atoms with Crippen LogP contribution >= 0.6 is 0 Å². The lowest BCUT2D eigenvalue weighted by Crippen LogP contribution is -2.60. The molecule has 2 bridgehead atoms. The topological polar surface area (TPSA) is 74.3 Å². The number of hydrogen-bond donors (Lipinski definition) is 0. The first-order valence-corrected chi connectivity index (χ1v) is 8.18. The van der Waals surface area contributed by atoms with Crippen molar-refractivity contribution < 1.29 is 28.5 Å². The van der Waals surface area contributed by atoms with Crippen molar-refractivity contribution in [1.29, 1.82) is 0 Å². The Morgan fingerprint density at radius 1 is 1.35 bits per heavy atom. The number of nitrogens with zero attached hydrogens (tertiary/aromatic N) is 1. The molecule has 7 heteroatoms. The molecular weight excluding hydrogens is 302 g/mol. The third-order valence-corrected chi connectivity index (χ3v) is 4.93. The minimum Gasteiger partial charge on any atom is -0.443 e. The van der Waals surface area contributed by atoms with Gasteiger partial charge < -0.3 is 18.9 Å². The van der Waals surface area contributed by atoms with E-state index in [9.17, 15) is 9.59 Å². The Bertz CT molecular complexity index is 571. The zero-order chi connectivity index (χ0) is 16.6. The summed E-state index contributed by atoms with van der Waals surface area (Å²) >= 11 is 0. The van der Waals surface area contributed by atoms with E-state index in [1.807, 2.05) is 6.92 Å². The van der Waals surface area contributed by atoms with E-state index in [4.69, 9.17) is 18.9 Å². The highest BCUT2D eigenvalue weighted by molar-refractivity contribution is 5.98. The smallest absolute Gasteiger partial charge is 0.417 e. The fourth-order valence-electron chi connectivity index (χ4n) is 3.78. The van der Waals surface area contributed by atoms with E-state index in [0.29, 0.717) is 13.2 Å². The summed E-state index contributed by atoms with van der Waals surface area (Å²) in [4.78, 5) is 26.3. The van der Waals surface area contributed by atoms with Crippen LogP contribution in [0.25, 0.3) is 0 Å². The second kappa shape index (κ2) is 4.46. The van der Waals surface area contributed by atoms with E-state index in [1.54, 1.807) is 20.8 Å². The third-order valence-electron chi connectivity index (χ3n) is 4.93. The molecule has 0 N–H and O–H groups in total. The highest BCUT2D eigenvalue weighted by Gasteiger charge is 2.72. The molecule has 1 aliphatic carbocycles. The van der Waals surface area contributed by atoms with Crippen molar-refractivity contribution in [2.75, 3.05) is 13.2 Å². The lowest BCUT2D eigenvalue weighted by atomic mass is 10.0. The maximum atomic E-state index is 12.6. The van der Waals surface area contributed by atoms with Crippen molar-refractivity contribution in [3.63, 3.8) is 0 Å². The standard InChI is InChI=1S/C16H23NO6/c1-14(2,3)22-13(19)17-11(9-7-10(9)12(17)18)16-20-6-5-15(4,23-16)8-21-16/h9-11H,5-8H2,1-4H3/t9-,10+,11-,15?,16?/m0/s1. The number of carbonyl (C=O) groups is 2. The van der Waals surface area contributed by atoms with Crippen LogP contribution in [0.4, 0.5) is 4.79 Å². The molecule has 0 aromatic heterocycles. The molecule has 1 saturated carbocycles. The number of likely N-dealkylation sites (tertiary alicyclic amines) is 1. The lowest BCUT2D eigenvalue weighted by Gasteiger charge is -2.42. The van der Waals surface area contributed by atoms with Gasteiger partial charge in [0.25, 0.3) is 0 Å². The number of ether oxygens (including phenoxy) is 4. The fraction of sp³-hybridized carbons (Fsp3) is 0.875. The SMILES string of the molecule is CC(C)(C)OC(=O)N1C(=O)[C@@H]2C[C@@H]2[C@H]1C12OCCC(C)(CO1)O2. The Hall–Kier alpha value is -1.18. The molecule has 3 aliphatic heterocycles. The molecule has 128 valence electrons.